The van der Waals surface area contributed by atoms with E-state index >= 15 is 0 Å². The Kier molecular flexibility index (Phi) is 4.97. The van der Waals surface area contributed by atoms with Crippen LogP contribution in [0, 0.1) is 13.8 Å². The van der Waals surface area contributed by atoms with E-state index in [2.05, 4.69) is 27.4 Å². The van der Waals surface area contributed by atoms with E-state index in [4.69, 9.17) is 4.74 Å². The van der Waals surface area contributed by atoms with Crippen LogP contribution in [-0.4, -0.2) is 46.4 Å². The van der Waals surface area contributed by atoms with Crippen LogP contribution < -0.4 is 5.32 Å². The molecule has 0 spiro atoms. The van der Waals surface area contributed by atoms with Crippen molar-refractivity contribution in [3.8, 4) is 0 Å². The van der Waals surface area contributed by atoms with Gasteiger partial charge in [0.15, 0.2) is 0 Å². The van der Waals surface area contributed by atoms with Crippen molar-refractivity contribution < 1.29 is 9.53 Å². The van der Waals surface area contributed by atoms with Gasteiger partial charge in [0.1, 0.15) is 11.9 Å². The Balaban J connectivity index is 1.62. The lowest BCUT2D eigenvalue weighted by Crippen LogP contribution is -2.47. The maximum Gasteiger partial charge on any atom is 0.255 e. The molecule has 6 nitrogen and oxygen atoms in total. The largest absolute Gasteiger partial charge is 0.366 e. The number of ether oxygens (including phenoxy) is 1. The summed E-state index contributed by atoms with van der Waals surface area (Å²) in [7, 11) is 1.83. The van der Waals surface area contributed by atoms with E-state index in [0.717, 1.165) is 30.2 Å². The first kappa shape index (κ1) is 16.7. The molecule has 2 aromatic rings. The molecule has 2 heterocycles. The first-order valence-corrected chi connectivity index (χ1v) is 8.23. The van der Waals surface area contributed by atoms with Gasteiger partial charge in [-0.1, -0.05) is 30.3 Å². The van der Waals surface area contributed by atoms with E-state index in [0.29, 0.717) is 13.2 Å². The van der Waals surface area contributed by atoms with Gasteiger partial charge < -0.3 is 10.1 Å². The summed E-state index contributed by atoms with van der Waals surface area (Å²) in [6.45, 7) is 6.72. The molecule has 1 aliphatic heterocycles. The van der Waals surface area contributed by atoms with E-state index in [1.807, 2.05) is 39.1 Å². The summed E-state index contributed by atoms with van der Waals surface area (Å²) in [5.74, 6) is 0.625. The number of hydrogen-bond donors (Lipinski definition) is 1. The molecule has 0 unspecified atom stereocenters. The van der Waals surface area contributed by atoms with Crippen LogP contribution in [-0.2, 0) is 23.1 Å². The Labute approximate surface area is 142 Å². The molecule has 1 N–H and O–H groups in total. The van der Waals surface area contributed by atoms with Crippen LogP contribution >= 0.6 is 0 Å². The zero-order valence-corrected chi connectivity index (χ0v) is 14.5. The van der Waals surface area contributed by atoms with Crippen LogP contribution in [0.3, 0.4) is 0 Å². The molecule has 24 heavy (non-hydrogen) atoms. The van der Waals surface area contributed by atoms with Crippen molar-refractivity contribution in [2.75, 3.05) is 25.0 Å². The molecule has 1 aromatic heterocycles. The number of benzene rings is 1. The lowest BCUT2D eigenvalue weighted by atomic mass is 10.2. The molecule has 0 bridgehead atoms. The number of aromatic nitrogens is 2. The number of aryl methyl sites for hydroxylation is 2. The predicted molar refractivity (Wildman–Crippen MR) is 92.8 cm³/mol. The lowest BCUT2D eigenvalue weighted by Gasteiger charge is -2.32. The molecule has 6 heteroatoms. The highest BCUT2D eigenvalue weighted by molar-refractivity contribution is 5.94. The van der Waals surface area contributed by atoms with Gasteiger partial charge in [0.2, 0.25) is 0 Å². The van der Waals surface area contributed by atoms with Crippen molar-refractivity contribution in [1.29, 1.82) is 0 Å². The smallest absolute Gasteiger partial charge is 0.255 e. The fourth-order valence-electron chi connectivity index (χ4n) is 2.98. The normalized spacial score (nSPS) is 18.5. The molecule has 1 amide bonds. The van der Waals surface area contributed by atoms with Crippen LogP contribution in [0.25, 0.3) is 0 Å². The van der Waals surface area contributed by atoms with Crippen LogP contribution in [0.1, 0.15) is 16.8 Å². The average Bonchev–Trinajstić information content (AvgIpc) is 2.82. The summed E-state index contributed by atoms with van der Waals surface area (Å²) >= 11 is 0. The molecule has 1 aliphatic rings. The van der Waals surface area contributed by atoms with Gasteiger partial charge >= 0.3 is 0 Å². The van der Waals surface area contributed by atoms with Gasteiger partial charge in [-0.3, -0.25) is 14.4 Å². The van der Waals surface area contributed by atoms with Crippen molar-refractivity contribution >= 4 is 11.7 Å². The second-order valence-electron chi connectivity index (χ2n) is 6.25. The summed E-state index contributed by atoms with van der Waals surface area (Å²) in [4.78, 5) is 14.8. The standard InChI is InChI=1S/C18H24N4O2/c1-13-14(2)20-21(3)17(13)19-18(23)16-12-22(9-10-24-16)11-15-7-5-4-6-8-15/h4-8,16H,9-12H2,1-3H3,(H,19,23)/t16-/m1/s1. The van der Waals surface area contributed by atoms with Crippen LogP contribution in [0.5, 0.6) is 0 Å². The maximum absolute atomic E-state index is 12.6. The molecule has 0 saturated carbocycles. The first-order chi connectivity index (χ1) is 11.5. The molecular formula is C18H24N4O2. The third-order valence-corrected chi connectivity index (χ3v) is 4.46. The van der Waals surface area contributed by atoms with Crippen molar-refractivity contribution in [1.82, 2.24) is 14.7 Å². The van der Waals surface area contributed by atoms with Gasteiger partial charge in [-0.15, -0.1) is 0 Å². The minimum Gasteiger partial charge on any atom is -0.366 e. The molecule has 128 valence electrons. The van der Waals surface area contributed by atoms with E-state index in [-0.39, 0.29) is 5.91 Å². The monoisotopic (exact) mass is 328 g/mol. The van der Waals surface area contributed by atoms with Gasteiger partial charge in [0, 0.05) is 32.2 Å². The number of morpholine rings is 1. The van der Waals surface area contributed by atoms with Crippen LogP contribution in [0.4, 0.5) is 5.82 Å². The Morgan fingerprint density at radius 2 is 2.08 bits per heavy atom. The number of carbonyl (C=O) groups excluding carboxylic acids is 1. The SMILES string of the molecule is Cc1nn(C)c(NC(=O)[C@H]2CN(Cc3ccccc3)CCO2)c1C. The molecule has 1 saturated heterocycles. The molecule has 0 aliphatic carbocycles. The molecule has 0 radical (unpaired) electrons. The average molecular weight is 328 g/mol. The Morgan fingerprint density at radius 3 is 2.75 bits per heavy atom. The van der Waals surface area contributed by atoms with Crippen molar-refractivity contribution in [2.45, 2.75) is 26.5 Å². The van der Waals surface area contributed by atoms with E-state index in [1.54, 1.807) is 4.68 Å². The van der Waals surface area contributed by atoms with Crippen molar-refractivity contribution in [3.63, 3.8) is 0 Å². The van der Waals surface area contributed by atoms with Crippen molar-refractivity contribution in [3.05, 3.63) is 47.2 Å². The quantitative estimate of drug-likeness (QED) is 0.931. The van der Waals surface area contributed by atoms with Gasteiger partial charge in [-0.25, -0.2) is 0 Å². The Morgan fingerprint density at radius 1 is 1.33 bits per heavy atom. The topological polar surface area (TPSA) is 59.4 Å². The van der Waals surface area contributed by atoms with E-state index < -0.39 is 6.10 Å². The Bertz CT molecular complexity index is 711. The first-order valence-electron chi connectivity index (χ1n) is 8.23. The summed E-state index contributed by atoms with van der Waals surface area (Å²) in [6, 6.07) is 10.3. The minimum atomic E-state index is -0.461. The van der Waals surface area contributed by atoms with E-state index in [1.165, 1.54) is 5.56 Å². The zero-order valence-electron chi connectivity index (χ0n) is 14.5. The molecular weight excluding hydrogens is 304 g/mol. The molecule has 1 aromatic carbocycles. The van der Waals surface area contributed by atoms with Crippen LogP contribution in [0.2, 0.25) is 0 Å². The summed E-state index contributed by atoms with van der Waals surface area (Å²) in [5, 5.41) is 7.29. The highest BCUT2D eigenvalue weighted by Crippen LogP contribution is 2.18. The molecule has 3 rings (SSSR count). The number of carbonyl (C=O) groups is 1. The third-order valence-electron chi connectivity index (χ3n) is 4.46. The number of amides is 1. The second kappa shape index (κ2) is 7.15. The summed E-state index contributed by atoms with van der Waals surface area (Å²) < 4.78 is 7.38. The third kappa shape index (κ3) is 3.66. The highest BCUT2D eigenvalue weighted by atomic mass is 16.5. The molecule has 1 fully saturated rings. The lowest BCUT2D eigenvalue weighted by molar-refractivity contribution is -0.133. The van der Waals surface area contributed by atoms with Gasteiger partial charge in [0.05, 0.1) is 12.3 Å². The maximum atomic E-state index is 12.6. The summed E-state index contributed by atoms with van der Waals surface area (Å²) in [6.07, 6.45) is -0.461. The minimum absolute atomic E-state index is 0.112. The summed E-state index contributed by atoms with van der Waals surface area (Å²) in [5.41, 5.74) is 3.16. The van der Waals surface area contributed by atoms with Crippen molar-refractivity contribution in [2.24, 2.45) is 7.05 Å². The molecule has 1 atom stereocenters. The second-order valence-corrected chi connectivity index (χ2v) is 6.25. The predicted octanol–water partition coefficient (Wildman–Crippen LogP) is 1.88. The number of nitrogens with zero attached hydrogens (tertiary/aromatic N) is 3. The fourth-order valence-corrected chi connectivity index (χ4v) is 2.98. The van der Waals surface area contributed by atoms with Gasteiger partial charge in [-0.2, -0.15) is 5.10 Å². The fraction of sp³-hybridized carbons (Fsp3) is 0.444. The van der Waals surface area contributed by atoms with Gasteiger partial charge in [0.25, 0.3) is 5.91 Å². The Hall–Kier alpha value is -2.18. The number of nitrogens with one attached hydrogen (secondary N) is 1. The van der Waals surface area contributed by atoms with E-state index in [9.17, 15) is 4.79 Å². The number of rotatable bonds is 4. The number of hydrogen-bond acceptors (Lipinski definition) is 4. The van der Waals surface area contributed by atoms with Crippen LogP contribution in [0.15, 0.2) is 30.3 Å². The highest BCUT2D eigenvalue weighted by Gasteiger charge is 2.27. The zero-order chi connectivity index (χ0) is 17.1. The number of anilines is 1. The van der Waals surface area contributed by atoms with Gasteiger partial charge in [-0.05, 0) is 19.4 Å².